The van der Waals surface area contributed by atoms with Gasteiger partial charge in [0, 0.05) is 31.8 Å². The molecule has 2 aromatic carbocycles. The highest BCUT2D eigenvalue weighted by Crippen LogP contribution is 2.41. The highest BCUT2D eigenvalue weighted by molar-refractivity contribution is 7.90. The fourth-order valence-corrected chi connectivity index (χ4v) is 7.54. The maximum absolute atomic E-state index is 13.7. The summed E-state index contributed by atoms with van der Waals surface area (Å²) in [5.41, 5.74) is 2.06. The van der Waals surface area contributed by atoms with Crippen molar-refractivity contribution in [1.82, 2.24) is 9.62 Å². The summed E-state index contributed by atoms with van der Waals surface area (Å²) in [5, 5.41) is 0.684. The Hall–Kier alpha value is -3.02. The van der Waals surface area contributed by atoms with Crippen molar-refractivity contribution < 1.29 is 32.2 Å². The number of hydrogen-bond acceptors (Lipinski definition) is 8. The van der Waals surface area contributed by atoms with E-state index in [-0.39, 0.29) is 17.5 Å². The van der Waals surface area contributed by atoms with Crippen LogP contribution in [0.5, 0.6) is 5.75 Å². The molecule has 0 spiro atoms. The van der Waals surface area contributed by atoms with Crippen LogP contribution >= 0.6 is 11.6 Å². The van der Waals surface area contributed by atoms with Gasteiger partial charge in [-0.25, -0.2) is 17.9 Å². The molecule has 2 aromatic rings. The second-order valence-electron chi connectivity index (χ2n) is 13.6. The standard InChI is InChI=1S/C35H50ClN3O7S/c1-8-39(34(41)46-35(4,5)6)23(2)33(40)37-47(42,43)29-15-17-32-31(20-29)38(21-26-13-16-30(26)24(3)44-7)18-10-9-11-25-19-28(36)14-12-27(25)22-45-32/h12,14-15,17,19-20,23-24,26,30H,8-11,13,16,18,21-22H2,1-7H3,(H,37,40)/t23-,24+,26-,30-/m0/s1. The minimum atomic E-state index is -4.31. The molecule has 2 aliphatic rings. The molecular formula is C35H50ClN3O7S. The van der Waals surface area contributed by atoms with Gasteiger partial charge in [-0.05, 0) is 127 Å². The van der Waals surface area contributed by atoms with Crippen LogP contribution in [0.1, 0.15) is 78.4 Å². The molecule has 0 aromatic heterocycles. The number of fused-ring (bicyclic) bond motifs is 2. The molecule has 4 atom stereocenters. The molecule has 10 nitrogen and oxygen atoms in total. The zero-order valence-electron chi connectivity index (χ0n) is 28.7. The molecule has 2 amide bonds. The van der Waals surface area contributed by atoms with E-state index in [2.05, 4.69) is 16.5 Å². The maximum atomic E-state index is 13.7. The number of carbonyl (C=O) groups excluding carboxylic acids is 2. The largest absolute Gasteiger partial charge is 0.487 e. The fraction of sp³-hybridized carbons (Fsp3) is 0.600. The number of aryl methyl sites for hydroxylation is 1. The minimum Gasteiger partial charge on any atom is -0.487 e. The van der Waals surface area contributed by atoms with E-state index in [1.165, 1.54) is 17.9 Å². The van der Waals surface area contributed by atoms with Crippen molar-refractivity contribution in [1.29, 1.82) is 0 Å². The normalized spacial score (nSPS) is 19.9. The van der Waals surface area contributed by atoms with Crippen LogP contribution in [0.3, 0.4) is 0 Å². The average Bonchev–Trinajstić information content (AvgIpc) is 3.01. The fourth-order valence-electron chi connectivity index (χ4n) is 6.28. The van der Waals surface area contributed by atoms with E-state index in [9.17, 15) is 18.0 Å². The second kappa shape index (κ2) is 15.5. The predicted octanol–water partition coefficient (Wildman–Crippen LogP) is 6.57. The summed E-state index contributed by atoms with van der Waals surface area (Å²) in [5.74, 6) is 0.522. The first-order valence-corrected chi connectivity index (χ1v) is 18.4. The van der Waals surface area contributed by atoms with E-state index in [1.807, 2.05) is 18.2 Å². The van der Waals surface area contributed by atoms with Gasteiger partial charge in [0.25, 0.3) is 15.9 Å². The van der Waals surface area contributed by atoms with Crippen LogP contribution in [-0.2, 0) is 37.3 Å². The molecule has 12 heteroatoms. The summed E-state index contributed by atoms with van der Waals surface area (Å²) in [4.78, 5) is 29.3. The molecule has 1 aliphatic carbocycles. The summed E-state index contributed by atoms with van der Waals surface area (Å²) < 4.78 is 47.1. The molecule has 4 rings (SSSR count). The Morgan fingerprint density at radius 1 is 1.11 bits per heavy atom. The third-order valence-corrected chi connectivity index (χ3v) is 10.8. The summed E-state index contributed by atoms with van der Waals surface area (Å²) in [6.07, 6.45) is 4.25. The Balaban J connectivity index is 1.64. The molecule has 47 heavy (non-hydrogen) atoms. The number of hydrogen-bond donors (Lipinski definition) is 1. The molecule has 1 fully saturated rings. The van der Waals surface area contributed by atoms with Gasteiger partial charge >= 0.3 is 6.09 Å². The van der Waals surface area contributed by atoms with E-state index in [0.29, 0.717) is 41.4 Å². The number of likely N-dealkylation sites (N-methyl/N-ethyl adjacent to an activating group) is 1. The first-order valence-electron chi connectivity index (χ1n) is 16.5. The third-order valence-electron chi connectivity index (χ3n) is 9.21. The lowest BCUT2D eigenvalue weighted by atomic mass is 9.70. The van der Waals surface area contributed by atoms with Gasteiger partial charge in [0.2, 0.25) is 0 Å². The van der Waals surface area contributed by atoms with Crippen molar-refractivity contribution in [3.05, 3.63) is 52.5 Å². The molecular weight excluding hydrogens is 642 g/mol. The van der Waals surface area contributed by atoms with E-state index in [4.69, 9.17) is 25.8 Å². The number of anilines is 1. The second-order valence-corrected chi connectivity index (χ2v) is 15.7. The lowest BCUT2D eigenvalue weighted by Crippen LogP contribution is -2.50. The molecule has 1 aliphatic heterocycles. The number of sulfonamides is 1. The number of rotatable bonds is 9. The summed E-state index contributed by atoms with van der Waals surface area (Å²) in [6, 6.07) is 9.43. The van der Waals surface area contributed by atoms with Crippen molar-refractivity contribution in [2.75, 3.05) is 31.6 Å². The van der Waals surface area contributed by atoms with Crippen LogP contribution in [0.4, 0.5) is 10.5 Å². The van der Waals surface area contributed by atoms with Crippen LogP contribution < -0.4 is 14.4 Å². The highest BCUT2D eigenvalue weighted by atomic mass is 35.5. The van der Waals surface area contributed by atoms with Gasteiger partial charge in [0.1, 0.15) is 24.0 Å². The third kappa shape index (κ3) is 9.32. The van der Waals surface area contributed by atoms with Gasteiger partial charge in [-0.1, -0.05) is 17.7 Å². The maximum Gasteiger partial charge on any atom is 0.410 e. The van der Waals surface area contributed by atoms with Crippen molar-refractivity contribution in [3.63, 3.8) is 0 Å². The SMILES string of the molecule is CCN(C(=O)OC(C)(C)C)[C@@H](C)C(=O)NS(=O)(=O)c1ccc2c(c1)N(C[C@@H]1CC[C@H]1[C@@H](C)OC)CCCCc1cc(Cl)ccc1CO2. The number of nitrogens with one attached hydrogen (secondary N) is 1. The summed E-state index contributed by atoms with van der Waals surface area (Å²) in [7, 11) is -2.57. The zero-order chi connectivity index (χ0) is 34.5. The number of methoxy groups -OCH3 is 1. The first kappa shape index (κ1) is 36.8. The van der Waals surface area contributed by atoms with Crippen LogP contribution in [-0.4, -0.2) is 69.8 Å². The molecule has 0 unspecified atom stereocenters. The van der Waals surface area contributed by atoms with E-state index < -0.39 is 33.7 Å². The smallest absolute Gasteiger partial charge is 0.410 e. The number of ether oxygens (including phenoxy) is 3. The number of halogens is 1. The van der Waals surface area contributed by atoms with Crippen molar-refractivity contribution in [3.8, 4) is 5.75 Å². The summed E-state index contributed by atoms with van der Waals surface area (Å²) in [6.45, 7) is 12.3. The van der Waals surface area contributed by atoms with Gasteiger partial charge in [0.05, 0.1) is 16.7 Å². The molecule has 0 bridgehead atoms. The van der Waals surface area contributed by atoms with Crippen LogP contribution in [0.2, 0.25) is 5.02 Å². The van der Waals surface area contributed by atoms with Crippen molar-refractivity contribution in [2.24, 2.45) is 11.8 Å². The molecule has 1 heterocycles. The van der Waals surface area contributed by atoms with Gasteiger partial charge in [0.15, 0.2) is 0 Å². The first-order chi connectivity index (χ1) is 22.1. The van der Waals surface area contributed by atoms with Crippen molar-refractivity contribution >= 4 is 39.3 Å². The van der Waals surface area contributed by atoms with Gasteiger partial charge in [-0.15, -0.1) is 0 Å². The number of amides is 2. The minimum absolute atomic E-state index is 0.0665. The topological polar surface area (TPSA) is 114 Å². The van der Waals surface area contributed by atoms with Gasteiger partial charge in [-0.2, -0.15) is 0 Å². The quantitative estimate of drug-likeness (QED) is 0.314. The Kier molecular flexibility index (Phi) is 12.1. The monoisotopic (exact) mass is 691 g/mol. The molecule has 260 valence electrons. The number of benzene rings is 2. The van der Waals surface area contributed by atoms with Crippen LogP contribution in [0.25, 0.3) is 0 Å². The van der Waals surface area contributed by atoms with Gasteiger partial charge in [-0.3, -0.25) is 9.69 Å². The molecule has 0 saturated heterocycles. The summed E-state index contributed by atoms with van der Waals surface area (Å²) >= 11 is 6.32. The van der Waals surface area contributed by atoms with Crippen LogP contribution in [0.15, 0.2) is 41.3 Å². The Labute approximate surface area is 285 Å². The lowest BCUT2D eigenvalue weighted by Gasteiger charge is -2.43. The molecule has 1 N–H and O–H groups in total. The van der Waals surface area contributed by atoms with E-state index in [1.54, 1.807) is 46.9 Å². The van der Waals surface area contributed by atoms with Gasteiger partial charge < -0.3 is 19.1 Å². The van der Waals surface area contributed by atoms with Crippen LogP contribution in [0, 0.1) is 11.8 Å². The number of nitrogens with zero attached hydrogens (tertiary/aromatic N) is 2. The number of carbonyl (C=O) groups is 2. The Bertz CT molecular complexity index is 1530. The predicted molar refractivity (Wildman–Crippen MR) is 183 cm³/mol. The van der Waals surface area contributed by atoms with E-state index >= 15 is 0 Å². The average molecular weight is 692 g/mol. The zero-order valence-corrected chi connectivity index (χ0v) is 30.2. The molecule has 1 saturated carbocycles. The Morgan fingerprint density at radius 3 is 2.49 bits per heavy atom. The molecule has 0 radical (unpaired) electrons. The lowest BCUT2D eigenvalue weighted by molar-refractivity contribution is -0.124. The van der Waals surface area contributed by atoms with Crippen molar-refractivity contribution in [2.45, 2.75) is 103 Å². The highest BCUT2D eigenvalue weighted by Gasteiger charge is 2.37. The van der Waals surface area contributed by atoms with E-state index in [0.717, 1.165) is 49.8 Å². The Morgan fingerprint density at radius 2 is 1.85 bits per heavy atom.